The van der Waals surface area contributed by atoms with Crippen LogP contribution in [0.4, 0.5) is 4.79 Å². The molecule has 2 amide bonds. The number of urea groups is 1. The van der Waals surface area contributed by atoms with Crippen molar-refractivity contribution in [1.29, 1.82) is 0 Å². The van der Waals surface area contributed by atoms with Crippen molar-refractivity contribution < 1.29 is 36.9 Å². The Hall–Kier alpha value is -1.76. The molecular weight excluding hydrogens is 428 g/mol. The Labute approximate surface area is 181 Å². The molecule has 3 aliphatic rings. The Morgan fingerprint density at radius 1 is 1.00 bits per heavy atom. The number of hydrogen-bond acceptors (Lipinski definition) is 8. The minimum Gasteiger partial charge on any atom is -0.348 e. The summed E-state index contributed by atoms with van der Waals surface area (Å²) in [7, 11) is -4.05. The number of benzene rings is 1. The monoisotopic (exact) mass is 456 g/mol. The number of fused-ring (bicyclic) bond motifs is 1. The normalized spacial score (nSPS) is 33.8. The van der Waals surface area contributed by atoms with E-state index in [0.717, 1.165) is 5.56 Å². The Balaban J connectivity index is 1.50. The lowest BCUT2D eigenvalue weighted by Crippen LogP contribution is -2.55. The van der Waals surface area contributed by atoms with Gasteiger partial charge in [0.05, 0.1) is 17.5 Å². The Morgan fingerprint density at radius 2 is 1.68 bits per heavy atom. The van der Waals surface area contributed by atoms with E-state index >= 15 is 0 Å². The van der Waals surface area contributed by atoms with E-state index in [1.807, 2.05) is 11.6 Å². The van der Waals surface area contributed by atoms with E-state index in [0.29, 0.717) is 0 Å². The Kier molecular flexibility index (Phi) is 5.56. The summed E-state index contributed by atoms with van der Waals surface area (Å²) in [6.45, 7) is 9.13. The highest BCUT2D eigenvalue weighted by atomic mass is 32.2. The van der Waals surface area contributed by atoms with Gasteiger partial charge >= 0.3 is 6.03 Å². The number of aryl methyl sites for hydroxylation is 1. The van der Waals surface area contributed by atoms with Crippen molar-refractivity contribution in [3.8, 4) is 0 Å². The smallest absolute Gasteiger partial charge is 0.329 e. The number of carbonyl (C=O) groups is 1. The Morgan fingerprint density at radius 3 is 2.29 bits per heavy atom. The maximum Gasteiger partial charge on any atom is 0.329 e. The first-order chi connectivity index (χ1) is 14.4. The molecule has 0 radical (unpaired) electrons. The number of nitrogens with one attached hydrogen (secondary N) is 2. The van der Waals surface area contributed by atoms with Crippen molar-refractivity contribution in [3.63, 3.8) is 0 Å². The first kappa shape index (κ1) is 22.4. The number of carbonyl (C=O) groups excluding carboxylic acids is 1. The van der Waals surface area contributed by atoms with Crippen LogP contribution in [0.2, 0.25) is 0 Å². The molecule has 0 bridgehead atoms. The molecule has 0 spiro atoms. The number of rotatable bonds is 4. The Bertz CT molecular complexity index is 946. The van der Waals surface area contributed by atoms with Gasteiger partial charge in [0, 0.05) is 0 Å². The molecule has 2 N–H and O–H groups in total. The van der Waals surface area contributed by atoms with Crippen molar-refractivity contribution >= 4 is 16.1 Å². The van der Waals surface area contributed by atoms with E-state index in [1.165, 1.54) is 12.1 Å². The van der Waals surface area contributed by atoms with Gasteiger partial charge in [0.1, 0.15) is 18.3 Å². The van der Waals surface area contributed by atoms with E-state index in [9.17, 15) is 13.2 Å². The maximum atomic E-state index is 12.7. The molecule has 3 saturated heterocycles. The summed E-state index contributed by atoms with van der Waals surface area (Å²) < 4.78 is 56.4. The zero-order valence-corrected chi connectivity index (χ0v) is 18.9. The van der Waals surface area contributed by atoms with Gasteiger partial charge in [-0.15, -0.1) is 0 Å². The summed E-state index contributed by atoms with van der Waals surface area (Å²) in [5.41, 5.74) is 0.906. The second-order valence-electron chi connectivity index (χ2n) is 8.85. The first-order valence-corrected chi connectivity index (χ1v) is 11.6. The fraction of sp³-hybridized carbons (Fsp3) is 0.650. The van der Waals surface area contributed by atoms with Crippen molar-refractivity contribution in [2.75, 3.05) is 6.61 Å². The van der Waals surface area contributed by atoms with E-state index in [-0.39, 0.29) is 11.5 Å². The summed E-state index contributed by atoms with van der Waals surface area (Å²) in [6, 6.07) is 4.56. The summed E-state index contributed by atoms with van der Waals surface area (Å²) >= 11 is 0. The number of hydrogen-bond donors (Lipinski definition) is 2. The largest absolute Gasteiger partial charge is 0.348 e. The highest BCUT2D eigenvalue weighted by Gasteiger charge is 2.58. The van der Waals surface area contributed by atoms with Crippen LogP contribution in [0.1, 0.15) is 33.3 Å². The fourth-order valence-electron chi connectivity index (χ4n) is 3.97. The van der Waals surface area contributed by atoms with Crippen molar-refractivity contribution in [1.82, 2.24) is 10.0 Å². The van der Waals surface area contributed by atoms with Gasteiger partial charge < -0.3 is 29.0 Å². The van der Waals surface area contributed by atoms with Crippen LogP contribution in [0.25, 0.3) is 0 Å². The molecular formula is C20H28N2O8S. The predicted molar refractivity (Wildman–Crippen MR) is 107 cm³/mol. The van der Waals surface area contributed by atoms with Gasteiger partial charge in [-0.1, -0.05) is 17.7 Å². The molecule has 11 heteroatoms. The van der Waals surface area contributed by atoms with Gasteiger partial charge in [-0.3, -0.25) is 0 Å². The lowest BCUT2D eigenvalue weighted by Gasteiger charge is -2.29. The third-order valence-corrected chi connectivity index (χ3v) is 6.69. The molecule has 0 saturated carbocycles. The van der Waals surface area contributed by atoms with Crippen LogP contribution in [0.15, 0.2) is 29.2 Å². The van der Waals surface area contributed by atoms with Crippen LogP contribution in [-0.2, 0) is 33.7 Å². The zero-order chi connectivity index (χ0) is 22.6. The minimum absolute atomic E-state index is 0.0128. The summed E-state index contributed by atoms with van der Waals surface area (Å²) in [4.78, 5) is 12.7. The summed E-state index contributed by atoms with van der Waals surface area (Å²) in [5, 5.41) is 2.68. The highest BCUT2D eigenvalue weighted by molar-refractivity contribution is 7.90. The van der Waals surface area contributed by atoms with Crippen LogP contribution >= 0.6 is 0 Å². The molecule has 0 aromatic heterocycles. The fourth-order valence-corrected chi connectivity index (χ4v) is 4.89. The number of ether oxygens (including phenoxy) is 5. The first-order valence-electron chi connectivity index (χ1n) is 10.1. The van der Waals surface area contributed by atoms with Gasteiger partial charge in [-0.2, -0.15) is 0 Å². The molecule has 172 valence electrons. The maximum absolute atomic E-state index is 12.7. The van der Waals surface area contributed by atoms with Gasteiger partial charge in [0.25, 0.3) is 10.0 Å². The van der Waals surface area contributed by atoms with Gasteiger partial charge in [-0.05, 0) is 46.8 Å². The van der Waals surface area contributed by atoms with Crippen LogP contribution < -0.4 is 10.0 Å². The molecule has 3 aliphatic heterocycles. The molecule has 1 aromatic rings. The lowest BCUT2D eigenvalue weighted by molar-refractivity contribution is -0.223. The molecule has 5 atom stereocenters. The third kappa shape index (κ3) is 4.71. The lowest BCUT2D eigenvalue weighted by atomic mass is 10.0. The van der Waals surface area contributed by atoms with Crippen molar-refractivity contribution in [3.05, 3.63) is 29.8 Å². The second-order valence-corrected chi connectivity index (χ2v) is 10.5. The van der Waals surface area contributed by atoms with E-state index in [2.05, 4.69) is 5.32 Å². The van der Waals surface area contributed by atoms with E-state index in [4.69, 9.17) is 23.7 Å². The van der Waals surface area contributed by atoms with Crippen molar-refractivity contribution in [2.45, 2.75) is 81.7 Å². The summed E-state index contributed by atoms with van der Waals surface area (Å²) in [6.07, 6.45) is -2.51. The topological polar surface area (TPSA) is 121 Å². The van der Waals surface area contributed by atoms with E-state index in [1.54, 1.807) is 39.8 Å². The van der Waals surface area contributed by atoms with Crippen LogP contribution in [0.3, 0.4) is 0 Å². The van der Waals surface area contributed by atoms with Crippen LogP contribution in [0.5, 0.6) is 0 Å². The van der Waals surface area contributed by atoms with Crippen LogP contribution in [-0.4, -0.2) is 63.3 Å². The standard InChI is InChI=1S/C20H28N2O8S/c1-11-6-8-12(9-7-11)31(24,25)22-18(23)21-14-15(13-10-26-19(2,3)28-13)27-17-16(14)29-20(4,5)30-17/h6-9,13-17H,10H2,1-5H3,(H2,21,22,23)/t13?,14-,15-,16-,17-/m1/s1. The molecule has 1 unspecified atom stereocenters. The number of sulfonamides is 1. The average Bonchev–Trinajstić information content (AvgIpc) is 3.25. The predicted octanol–water partition coefficient (Wildman–Crippen LogP) is 1.38. The second kappa shape index (κ2) is 7.68. The van der Waals surface area contributed by atoms with Gasteiger partial charge in [-0.25, -0.2) is 17.9 Å². The minimum atomic E-state index is -4.05. The highest BCUT2D eigenvalue weighted by Crippen LogP contribution is 2.40. The molecule has 10 nitrogen and oxygen atoms in total. The molecule has 3 heterocycles. The summed E-state index contributed by atoms with van der Waals surface area (Å²) in [5.74, 6) is -1.70. The molecule has 0 aliphatic carbocycles. The molecule has 31 heavy (non-hydrogen) atoms. The SMILES string of the molecule is Cc1ccc(S(=O)(=O)NC(=O)N[C@H]2[C@H]3OC(C)(C)O[C@H]3O[C@@H]2C2COC(C)(C)O2)cc1. The number of amides is 2. The molecule has 4 rings (SSSR count). The molecule has 1 aromatic carbocycles. The molecule has 3 fully saturated rings. The van der Waals surface area contributed by atoms with Crippen LogP contribution in [0, 0.1) is 6.92 Å². The van der Waals surface area contributed by atoms with E-state index < -0.39 is 58.3 Å². The van der Waals surface area contributed by atoms with Crippen molar-refractivity contribution in [2.24, 2.45) is 0 Å². The van der Waals surface area contributed by atoms with Gasteiger partial charge in [0.15, 0.2) is 17.9 Å². The van der Waals surface area contributed by atoms with Gasteiger partial charge in [0.2, 0.25) is 0 Å². The third-order valence-electron chi connectivity index (χ3n) is 5.34. The quantitative estimate of drug-likeness (QED) is 0.697. The zero-order valence-electron chi connectivity index (χ0n) is 18.1. The average molecular weight is 457 g/mol.